The molecule has 3 saturated carbocycles. The lowest BCUT2D eigenvalue weighted by Gasteiger charge is -2.58. The second kappa shape index (κ2) is 10.6. The van der Waals surface area contributed by atoms with Crippen molar-refractivity contribution in [1.82, 2.24) is 5.32 Å². The number of rotatable bonds is 8. The molecule has 0 bridgehead atoms. The van der Waals surface area contributed by atoms with Gasteiger partial charge in [-0.3, -0.25) is 0 Å². The Morgan fingerprint density at radius 3 is 2.58 bits per heavy atom. The fourth-order valence-electron chi connectivity index (χ4n) is 8.82. The minimum Gasteiger partial charge on any atom is -0.446 e. The summed E-state index contributed by atoms with van der Waals surface area (Å²) in [6, 6.07) is 0. The lowest BCUT2D eigenvalue weighted by molar-refractivity contribution is -0.0520. The number of allylic oxidation sites excluding steroid dienone is 1. The van der Waals surface area contributed by atoms with Gasteiger partial charge in [0.15, 0.2) is 0 Å². The van der Waals surface area contributed by atoms with E-state index in [-0.39, 0.29) is 12.2 Å². The van der Waals surface area contributed by atoms with Crippen molar-refractivity contribution in [2.75, 3.05) is 6.54 Å². The van der Waals surface area contributed by atoms with Crippen LogP contribution in [0.5, 0.6) is 0 Å². The van der Waals surface area contributed by atoms with E-state index in [4.69, 9.17) is 10.5 Å². The van der Waals surface area contributed by atoms with Gasteiger partial charge in [0.25, 0.3) is 0 Å². The summed E-state index contributed by atoms with van der Waals surface area (Å²) >= 11 is 0. The first-order valence-corrected chi connectivity index (χ1v) is 15.3. The Bertz CT molecular complexity index is 813. The largest absolute Gasteiger partial charge is 0.446 e. The standard InChI is InChI=1S/C32H56N2O2/c1-21(2)22(3)9-8-10-23-12-14-27-26-13-11-24-19-25(36-29(35)34-20-30(4,5)33)15-17-32(24,7)28(26)16-18-31(23,27)6/h11,21-23,25-28H,8-10,12-20,33H2,1-7H3,(H,34,35). The Labute approximate surface area is 222 Å². The number of carbonyl (C=O) groups excluding carboxylic acids is 1. The normalized spacial score (nSPS) is 39.0. The SMILES string of the molecule is CC(C)C(C)CCCC1CCC2C3CC=C4CC(OC(=O)NCC(C)(C)N)CCC4(C)C3CCC12C. The number of nitrogens with two attached hydrogens (primary N) is 1. The average molecular weight is 501 g/mol. The summed E-state index contributed by atoms with van der Waals surface area (Å²) in [5.74, 6) is 5.15. The molecular weight excluding hydrogens is 444 g/mol. The molecule has 0 saturated heterocycles. The third-order valence-corrected chi connectivity index (χ3v) is 11.6. The predicted molar refractivity (Wildman–Crippen MR) is 150 cm³/mol. The van der Waals surface area contributed by atoms with E-state index in [2.05, 4.69) is 46.0 Å². The zero-order valence-corrected chi connectivity index (χ0v) is 24.5. The van der Waals surface area contributed by atoms with Crippen LogP contribution in [0.25, 0.3) is 0 Å². The third kappa shape index (κ3) is 5.69. The van der Waals surface area contributed by atoms with E-state index < -0.39 is 5.54 Å². The van der Waals surface area contributed by atoms with Gasteiger partial charge in [0, 0.05) is 18.5 Å². The van der Waals surface area contributed by atoms with Crippen molar-refractivity contribution in [2.45, 2.75) is 131 Å². The molecular formula is C32H56N2O2. The van der Waals surface area contributed by atoms with Crippen molar-refractivity contribution in [1.29, 1.82) is 0 Å². The van der Waals surface area contributed by atoms with Crippen LogP contribution in [-0.2, 0) is 4.74 Å². The van der Waals surface area contributed by atoms with Crippen LogP contribution < -0.4 is 11.1 Å². The highest BCUT2D eigenvalue weighted by molar-refractivity contribution is 5.67. The summed E-state index contributed by atoms with van der Waals surface area (Å²) < 4.78 is 5.84. The molecule has 4 aliphatic rings. The molecule has 3 N–H and O–H groups in total. The van der Waals surface area contributed by atoms with E-state index in [0.717, 1.165) is 54.8 Å². The average Bonchev–Trinajstić information content (AvgIpc) is 3.13. The number of amides is 1. The minimum absolute atomic E-state index is 0.000269. The molecule has 8 unspecified atom stereocenters. The maximum absolute atomic E-state index is 12.4. The van der Waals surface area contributed by atoms with Crippen molar-refractivity contribution >= 4 is 6.09 Å². The molecule has 8 atom stereocenters. The van der Waals surface area contributed by atoms with Gasteiger partial charge in [-0.2, -0.15) is 0 Å². The van der Waals surface area contributed by atoms with Crippen LogP contribution in [0.1, 0.15) is 119 Å². The fourth-order valence-corrected chi connectivity index (χ4v) is 8.82. The highest BCUT2D eigenvalue weighted by Crippen LogP contribution is 2.66. The molecule has 0 aromatic rings. The highest BCUT2D eigenvalue weighted by atomic mass is 16.6. The van der Waals surface area contributed by atoms with Gasteiger partial charge in [-0.1, -0.05) is 59.1 Å². The monoisotopic (exact) mass is 500 g/mol. The van der Waals surface area contributed by atoms with Gasteiger partial charge >= 0.3 is 6.09 Å². The Morgan fingerprint density at radius 2 is 1.89 bits per heavy atom. The van der Waals surface area contributed by atoms with Crippen LogP contribution in [0, 0.1) is 46.3 Å². The van der Waals surface area contributed by atoms with Crippen molar-refractivity contribution in [3.8, 4) is 0 Å². The van der Waals surface area contributed by atoms with Crippen molar-refractivity contribution in [3.63, 3.8) is 0 Å². The summed E-state index contributed by atoms with van der Waals surface area (Å²) in [6.07, 6.45) is 16.5. The van der Waals surface area contributed by atoms with Crippen LogP contribution in [0.2, 0.25) is 0 Å². The quantitative estimate of drug-likeness (QED) is 0.333. The van der Waals surface area contributed by atoms with E-state index >= 15 is 0 Å². The Hall–Kier alpha value is -1.03. The van der Waals surface area contributed by atoms with Gasteiger partial charge in [-0.25, -0.2) is 4.79 Å². The third-order valence-electron chi connectivity index (χ3n) is 11.6. The number of hydrogen-bond donors (Lipinski definition) is 2. The molecule has 36 heavy (non-hydrogen) atoms. The molecule has 4 nitrogen and oxygen atoms in total. The first kappa shape index (κ1) is 28.0. The summed E-state index contributed by atoms with van der Waals surface area (Å²) in [5.41, 5.74) is 8.01. The Kier molecular flexibility index (Phi) is 8.26. The number of ether oxygens (including phenoxy) is 1. The predicted octanol–water partition coefficient (Wildman–Crippen LogP) is 7.86. The smallest absolute Gasteiger partial charge is 0.407 e. The molecule has 3 fully saturated rings. The van der Waals surface area contributed by atoms with Crippen LogP contribution in [0.3, 0.4) is 0 Å². The van der Waals surface area contributed by atoms with Crippen molar-refractivity contribution < 1.29 is 9.53 Å². The maximum Gasteiger partial charge on any atom is 0.407 e. The molecule has 0 spiro atoms. The van der Waals surface area contributed by atoms with Crippen LogP contribution >= 0.6 is 0 Å². The van der Waals surface area contributed by atoms with E-state index in [0.29, 0.717) is 17.4 Å². The Balaban J connectivity index is 1.36. The molecule has 0 aromatic heterocycles. The summed E-state index contributed by atoms with van der Waals surface area (Å²) in [4.78, 5) is 12.4. The summed E-state index contributed by atoms with van der Waals surface area (Å²) in [6.45, 7) is 16.7. The molecule has 206 valence electrons. The molecule has 0 radical (unpaired) electrons. The maximum atomic E-state index is 12.4. The number of hydrogen-bond acceptors (Lipinski definition) is 3. The number of carbonyl (C=O) groups is 1. The molecule has 1 amide bonds. The zero-order valence-electron chi connectivity index (χ0n) is 24.5. The zero-order chi connectivity index (χ0) is 26.3. The summed E-state index contributed by atoms with van der Waals surface area (Å²) in [7, 11) is 0. The van der Waals surface area contributed by atoms with E-state index in [1.807, 2.05) is 13.8 Å². The van der Waals surface area contributed by atoms with Crippen molar-refractivity contribution in [2.24, 2.45) is 52.1 Å². The first-order chi connectivity index (χ1) is 16.8. The second-order valence-electron chi connectivity index (χ2n) is 14.8. The minimum atomic E-state index is -0.424. The van der Waals surface area contributed by atoms with Crippen LogP contribution in [-0.4, -0.2) is 24.3 Å². The van der Waals surface area contributed by atoms with Gasteiger partial charge < -0.3 is 15.8 Å². The second-order valence-corrected chi connectivity index (χ2v) is 14.8. The lowest BCUT2D eigenvalue weighted by Crippen LogP contribution is -2.51. The van der Waals surface area contributed by atoms with Crippen molar-refractivity contribution in [3.05, 3.63) is 11.6 Å². The van der Waals surface area contributed by atoms with Gasteiger partial charge in [0.05, 0.1) is 0 Å². The van der Waals surface area contributed by atoms with Crippen LogP contribution in [0.4, 0.5) is 4.79 Å². The van der Waals surface area contributed by atoms with E-state index in [1.165, 1.54) is 51.4 Å². The molecule has 0 aliphatic heterocycles. The van der Waals surface area contributed by atoms with Gasteiger partial charge in [0.2, 0.25) is 0 Å². The molecule has 0 heterocycles. The molecule has 0 aromatic carbocycles. The highest BCUT2D eigenvalue weighted by Gasteiger charge is 2.58. The number of nitrogens with one attached hydrogen (secondary N) is 1. The first-order valence-electron chi connectivity index (χ1n) is 15.3. The van der Waals surface area contributed by atoms with Gasteiger partial charge in [-0.05, 0) is 112 Å². The molecule has 4 heteroatoms. The Morgan fingerprint density at radius 1 is 1.14 bits per heavy atom. The topological polar surface area (TPSA) is 64.3 Å². The van der Waals surface area contributed by atoms with Gasteiger partial charge in [-0.15, -0.1) is 0 Å². The molecule has 4 aliphatic carbocycles. The van der Waals surface area contributed by atoms with Gasteiger partial charge in [0.1, 0.15) is 6.10 Å². The number of fused-ring (bicyclic) bond motifs is 5. The summed E-state index contributed by atoms with van der Waals surface area (Å²) in [5, 5.41) is 2.85. The van der Waals surface area contributed by atoms with E-state index in [9.17, 15) is 4.79 Å². The number of alkyl carbamates (subject to hydrolysis) is 1. The molecule has 4 rings (SSSR count). The van der Waals surface area contributed by atoms with Crippen LogP contribution in [0.15, 0.2) is 11.6 Å². The lowest BCUT2D eigenvalue weighted by atomic mass is 9.47. The van der Waals surface area contributed by atoms with E-state index in [1.54, 1.807) is 5.57 Å². The fraction of sp³-hybridized carbons (Fsp3) is 0.906.